The molecule has 6 rings (SSSR count). The van der Waals surface area contributed by atoms with Crippen LogP contribution in [0, 0.1) is 10.8 Å². The number of carbonyl (C=O) groups is 1. The molecule has 5 heterocycles. The predicted octanol–water partition coefficient (Wildman–Crippen LogP) is 1.75. The van der Waals surface area contributed by atoms with Gasteiger partial charge in [0.2, 0.25) is 0 Å². The lowest BCUT2D eigenvalue weighted by molar-refractivity contribution is -0.197. The summed E-state index contributed by atoms with van der Waals surface area (Å²) in [5.41, 5.74) is 1.05. The first-order valence-electron chi connectivity index (χ1n) is 8.55. The quantitative estimate of drug-likeness (QED) is 0.869. The number of hydrogen-bond donors (Lipinski definition) is 1. The Labute approximate surface area is 140 Å². The van der Waals surface area contributed by atoms with Crippen LogP contribution in [0.2, 0.25) is 0 Å². The van der Waals surface area contributed by atoms with Crippen LogP contribution in [0.25, 0.3) is 10.9 Å². The van der Waals surface area contributed by atoms with Crippen molar-refractivity contribution in [1.29, 1.82) is 0 Å². The fraction of sp³-hybridized carbons (Fsp3) is 0.474. The summed E-state index contributed by atoms with van der Waals surface area (Å²) in [6.45, 7) is 7.13. The van der Waals surface area contributed by atoms with Crippen LogP contribution in [-0.4, -0.2) is 46.7 Å². The van der Waals surface area contributed by atoms with Gasteiger partial charge in [0.1, 0.15) is 5.78 Å². The Kier molecular flexibility index (Phi) is 2.60. The highest BCUT2D eigenvalue weighted by molar-refractivity contribution is 5.92. The molecule has 0 amide bonds. The second-order valence-electron chi connectivity index (χ2n) is 8.28. The molecule has 1 aromatic heterocycles. The van der Waals surface area contributed by atoms with E-state index < -0.39 is 0 Å². The summed E-state index contributed by atoms with van der Waals surface area (Å²) in [4.78, 5) is 33.2. The number of benzene rings is 1. The van der Waals surface area contributed by atoms with E-state index in [1.165, 1.54) is 0 Å². The van der Waals surface area contributed by atoms with Crippen LogP contribution in [0.5, 0.6) is 0 Å². The summed E-state index contributed by atoms with van der Waals surface area (Å²) < 4.78 is 0. The van der Waals surface area contributed by atoms with Gasteiger partial charge >= 0.3 is 0 Å². The number of nitrogens with zero attached hydrogens (tertiary/aromatic N) is 2. The van der Waals surface area contributed by atoms with Crippen LogP contribution < -0.4 is 5.56 Å². The summed E-state index contributed by atoms with van der Waals surface area (Å²) in [5.74, 6) is 0.397. The minimum Gasteiger partial charge on any atom is -0.322 e. The molecule has 2 aromatic rings. The van der Waals surface area contributed by atoms with E-state index in [9.17, 15) is 9.59 Å². The molecule has 1 aromatic carbocycles. The van der Waals surface area contributed by atoms with Gasteiger partial charge in [-0.05, 0) is 17.5 Å². The van der Waals surface area contributed by atoms with Gasteiger partial charge in [0.25, 0.3) is 5.56 Å². The van der Waals surface area contributed by atoms with E-state index in [1.807, 2.05) is 30.3 Å². The molecule has 4 bridgehead atoms. The summed E-state index contributed by atoms with van der Waals surface area (Å²) in [6, 6.07) is 9.90. The van der Waals surface area contributed by atoms with Crippen LogP contribution in [0.4, 0.5) is 0 Å². The number of carbonyl (C=O) groups excluding carboxylic acids is 1. The van der Waals surface area contributed by atoms with Crippen molar-refractivity contribution >= 4 is 16.7 Å². The monoisotopic (exact) mass is 323 g/mol. The number of H-pyrrole nitrogens is 1. The molecular formula is C19H21N3O2. The average Bonchev–Trinajstić information content (AvgIpc) is 2.51. The standard InChI is InChI=1S/C19H21N3O2/c1-18-8-21-10-19(2,17(18)24)11-22(9-18)16(21)13-7-12-5-3-4-6-14(12)20-15(13)23/h3-7,16H,8-11H2,1-2H3,(H,20,23). The van der Waals surface area contributed by atoms with Gasteiger partial charge < -0.3 is 4.98 Å². The topological polar surface area (TPSA) is 56.4 Å². The van der Waals surface area contributed by atoms with Crippen molar-refractivity contribution in [2.24, 2.45) is 10.8 Å². The Morgan fingerprint density at radius 3 is 2.21 bits per heavy atom. The number of piperidine rings is 2. The highest BCUT2D eigenvalue weighted by atomic mass is 16.1. The van der Waals surface area contributed by atoms with Gasteiger partial charge in [-0.3, -0.25) is 19.4 Å². The molecule has 4 aliphatic rings. The summed E-state index contributed by atoms with van der Waals surface area (Å²) in [6.07, 6.45) is -0.0207. The normalized spacial score (nSPS) is 40.4. The molecule has 0 atom stereocenters. The fourth-order valence-corrected chi connectivity index (χ4v) is 5.35. The summed E-state index contributed by atoms with van der Waals surface area (Å²) >= 11 is 0. The van der Waals surface area contributed by atoms with Crippen molar-refractivity contribution < 1.29 is 4.79 Å². The van der Waals surface area contributed by atoms with Crippen molar-refractivity contribution in [3.05, 3.63) is 46.2 Å². The number of nitrogens with one attached hydrogen (secondary N) is 1. The number of pyridine rings is 1. The summed E-state index contributed by atoms with van der Waals surface area (Å²) in [7, 11) is 0. The lowest BCUT2D eigenvalue weighted by atomic mass is 9.62. The first-order valence-corrected chi connectivity index (χ1v) is 8.55. The number of ketones is 1. The van der Waals surface area contributed by atoms with Crippen molar-refractivity contribution in [1.82, 2.24) is 14.8 Å². The Morgan fingerprint density at radius 1 is 1.00 bits per heavy atom. The smallest absolute Gasteiger partial charge is 0.254 e. The molecule has 5 heteroatoms. The lowest BCUT2D eigenvalue weighted by Crippen LogP contribution is -2.75. The molecule has 124 valence electrons. The maximum absolute atomic E-state index is 12.8. The van der Waals surface area contributed by atoms with Crippen LogP contribution >= 0.6 is 0 Å². The van der Waals surface area contributed by atoms with E-state index in [1.54, 1.807) is 0 Å². The van der Waals surface area contributed by atoms with E-state index in [0.29, 0.717) is 5.78 Å². The van der Waals surface area contributed by atoms with E-state index in [-0.39, 0.29) is 22.6 Å². The third-order valence-corrected chi connectivity index (χ3v) is 6.06. The zero-order valence-corrected chi connectivity index (χ0v) is 14.0. The Balaban J connectivity index is 1.64. The second-order valence-corrected chi connectivity index (χ2v) is 8.28. The number of rotatable bonds is 1. The van der Waals surface area contributed by atoms with Crippen LogP contribution in [0.3, 0.4) is 0 Å². The van der Waals surface area contributed by atoms with Crippen molar-refractivity contribution in [2.45, 2.75) is 20.0 Å². The number of aromatic nitrogens is 1. The molecule has 0 radical (unpaired) electrons. The lowest BCUT2D eigenvalue weighted by Gasteiger charge is -2.64. The zero-order chi connectivity index (χ0) is 16.7. The minimum atomic E-state index is -0.300. The molecule has 0 unspecified atom stereocenters. The largest absolute Gasteiger partial charge is 0.322 e. The van der Waals surface area contributed by atoms with Gasteiger partial charge in [0.15, 0.2) is 0 Å². The Bertz CT molecular complexity index is 892. The zero-order valence-electron chi connectivity index (χ0n) is 14.0. The molecule has 4 saturated heterocycles. The second kappa shape index (κ2) is 4.35. The number of aromatic amines is 1. The molecule has 4 aliphatic heterocycles. The SMILES string of the molecule is CC12CN3CC(C)(CN(C1)C3c1cc3ccccc3[nH]c1=O)C2=O. The maximum atomic E-state index is 12.8. The first-order chi connectivity index (χ1) is 11.4. The molecule has 5 nitrogen and oxygen atoms in total. The Morgan fingerprint density at radius 2 is 1.58 bits per heavy atom. The molecule has 0 aliphatic carbocycles. The molecule has 24 heavy (non-hydrogen) atoms. The number of hydrogen-bond acceptors (Lipinski definition) is 4. The molecule has 0 saturated carbocycles. The highest BCUT2D eigenvalue weighted by Gasteiger charge is 2.62. The van der Waals surface area contributed by atoms with E-state index in [2.05, 4.69) is 28.6 Å². The van der Waals surface area contributed by atoms with Crippen molar-refractivity contribution in [3.8, 4) is 0 Å². The van der Waals surface area contributed by atoms with Crippen molar-refractivity contribution in [2.75, 3.05) is 26.2 Å². The van der Waals surface area contributed by atoms with Gasteiger partial charge in [-0.2, -0.15) is 0 Å². The predicted molar refractivity (Wildman–Crippen MR) is 91.7 cm³/mol. The Hall–Kier alpha value is -1.98. The molecule has 1 N–H and O–H groups in total. The fourth-order valence-electron chi connectivity index (χ4n) is 5.35. The third-order valence-electron chi connectivity index (χ3n) is 6.06. The van der Waals surface area contributed by atoms with Crippen molar-refractivity contribution in [3.63, 3.8) is 0 Å². The van der Waals surface area contributed by atoms with Gasteiger partial charge in [-0.15, -0.1) is 0 Å². The minimum absolute atomic E-state index is 0.0205. The molecule has 0 spiro atoms. The number of para-hydroxylation sites is 1. The summed E-state index contributed by atoms with van der Waals surface area (Å²) in [5, 5.41) is 1.05. The third kappa shape index (κ3) is 1.71. The van der Waals surface area contributed by atoms with E-state index in [4.69, 9.17) is 0 Å². The van der Waals surface area contributed by atoms with Crippen LogP contribution in [0.1, 0.15) is 25.6 Å². The molecular weight excluding hydrogens is 302 g/mol. The van der Waals surface area contributed by atoms with Gasteiger partial charge in [-0.25, -0.2) is 0 Å². The number of Topliss-reactive ketones (excluding diaryl/α,β-unsaturated/α-hetero) is 1. The number of fused-ring (bicyclic) bond motifs is 1. The van der Waals surface area contributed by atoms with Crippen LogP contribution in [0.15, 0.2) is 35.1 Å². The molecule has 4 fully saturated rings. The van der Waals surface area contributed by atoms with Gasteiger partial charge in [0, 0.05) is 37.3 Å². The van der Waals surface area contributed by atoms with E-state index >= 15 is 0 Å². The maximum Gasteiger partial charge on any atom is 0.254 e. The average molecular weight is 323 g/mol. The van der Waals surface area contributed by atoms with Gasteiger partial charge in [0.05, 0.1) is 17.0 Å². The van der Waals surface area contributed by atoms with Crippen LogP contribution in [-0.2, 0) is 4.79 Å². The highest BCUT2D eigenvalue weighted by Crippen LogP contribution is 2.51. The first kappa shape index (κ1) is 14.4. The van der Waals surface area contributed by atoms with Gasteiger partial charge in [-0.1, -0.05) is 32.0 Å². The van der Waals surface area contributed by atoms with E-state index in [0.717, 1.165) is 42.6 Å².